The van der Waals surface area contributed by atoms with Crippen LogP contribution in [-0.2, 0) is 33.4 Å². The number of esters is 2. The number of carboxylic acids is 1. The predicted molar refractivity (Wildman–Crippen MR) is 129 cm³/mol. The summed E-state index contributed by atoms with van der Waals surface area (Å²) in [5.41, 5.74) is 0. The van der Waals surface area contributed by atoms with Crippen molar-refractivity contribution >= 4 is 23.8 Å². The normalized spacial score (nSPS) is 34.6. The highest BCUT2D eigenvalue weighted by Crippen LogP contribution is 2.41. The van der Waals surface area contributed by atoms with Crippen LogP contribution in [0.5, 0.6) is 0 Å². The lowest BCUT2D eigenvalue weighted by Gasteiger charge is -2.39. The average Bonchev–Trinajstić information content (AvgIpc) is 3.27. The molecule has 13 nitrogen and oxygen atoms in total. The van der Waals surface area contributed by atoms with Crippen LogP contribution < -0.4 is 5.32 Å². The first-order valence-corrected chi connectivity index (χ1v) is 13.4. The monoisotopic (exact) mass is 544 g/mol. The van der Waals surface area contributed by atoms with Gasteiger partial charge in [0.15, 0.2) is 6.10 Å². The molecule has 2 saturated heterocycles. The molecule has 0 aromatic carbocycles. The zero-order valence-electron chi connectivity index (χ0n) is 22.0. The summed E-state index contributed by atoms with van der Waals surface area (Å²) in [4.78, 5) is 52.3. The van der Waals surface area contributed by atoms with Crippen LogP contribution >= 0.6 is 0 Å². The van der Waals surface area contributed by atoms with Crippen LogP contribution in [0.4, 0.5) is 0 Å². The van der Waals surface area contributed by atoms with Gasteiger partial charge in [0, 0.05) is 6.04 Å². The maximum Gasteiger partial charge on any atom is 0.335 e. The number of carbonyl (C=O) groups excluding carboxylic acids is 3. The molecule has 0 bridgehead atoms. The topological polar surface area (TPSA) is 192 Å². The standard InChI is InChI=1S/C25H40N2O11/c1-4-8-14(23(34)36-5-2)26-12(3)21(31)27-15-10-7-6-9-13(15)11-16(27)24(35)38-25-19(30)17(28)18(29)20(37-25)22(32)33/h12-20,25-26,28-30H,4-11H2,1-3H3,(H,32,33)/t12-,13+,14-,15-,16?,17?,18?,19?,20?,25?/m0/s1. The lowest BCUT2D eigenvalue weighted by molar-refractivity contribution is -0.287. The van der Waals surface area contributed by atoms with Gasteiger partial charge in [-0.25, -0.2) is 9.59 Å². The molecule has 3 rings (SSSR count). The minimum absolute atomic E-state index is 0.0466. The van der Waals surface area contributed by atoms with Crippen molar-refractivity contribution in [3.05, 3.63) is 0 Å². The SMILES string of the molecule is CCC[C@H](N[C@@H](C)C(=O)N1C(C(=O)OC2OC(C(=O)O)C(O)C(O)C2O)C[C@H]2CCCC[C@@H]21)C(=O)OCC. The molecule has 0 radical (unpaired) electrons. The van der Waals surface area contributed by atoms with Crippen LogP contribution in [0.15, 0.2) is 0 Å². The Kier molecular flexibility index (Phi) is 10.5. The Balaban J connectivity index is 1.78. The molecule has 2 aliphatic heterocycles. The summed E-state index contributed by atoms with van der Waals surface area (Å²) < 4.78 is 15.5. The zero-order valence-corrected chi connectivity index (χ0v) is 22.0. The maximum atomic E-state index is 13.7. The average molecular weight is 545 g/mol. The summed E-state index contributed by atoms with van der Waals surface area (Å²) in [5.74, 6) is -3.32. The Hall–Kier alpha value is -2.32. The fourth-order valence-corrected chi connectivity index (χ4v) is 5.73. The van der Waals surface area contributed by atoms with Crippen LogP contribution in [0.3, 0.4) is 0 Å². The van der Waals surface area contributed by atoms with E-state index in [-0.39, 0.29) is 18.6 Å². The molecule has 10 atom stereocenters. The number of fused-ring (bicyclic) bond motifs is 1. The van der Waals surface area contributed by atoms with Gasteiger partial charge in [-0.05, 0) is 45.4 Å². The molecule has 5 N–H and O–H groups in total. The summed E-state index contributed by atoms with van der Waals surface area (Å²) in [6.07, 6.45) is -4.71. The van der Waals surface area contributed by atoms with Gasteiger partial charge in [0.1, 0.15) is 30.4 Å². The summed E-state index contributed by atoms with van der Waals surface area (Å²) >= 11 is 0. The first-order valence-electron chi connectivity index (χ1n) is 13.4. The van der Waals surface area contributed by atoms with E-state index >= 15 is 0 Å². The lowest BCUT2D eigenvalue weighted by atomic mass is 9.84. The van der Waals surface area contributed by atoms with Crippen molar-refractivity contribution in [3.63, 3.8) is 0 Å². The molecule has 3 fully saturated rings. The second kappa shape index (κ2) is 13.2. The number of aliphatic carboxylic acids is 1. The highest BCUT2D eigenvalue weighted by atomic mass is 16.7. The summed E-state index contributed by atoms with van der Waals surface area (Å²) in [5, 5.41) is 42.5. The van der Waals surface area contributed by atoms with E-state index in [0.29, 0.717) is 25.7 Å². The Morgan fingerprint density at radius 1 is 1.05 bits per heavy atom. The molecule has 3 aliphatic rings. The smallest absolute Gasteiger partial charge is 0.335 e. The highest BCUT2D eigenvalue weighted by molar-refractivity contribution is 5.89. The van der Waals surface area contributed by atoms with Crippen molar-refractivity contribution in [2.45, 2.75) is 121 Å². The van der Waals surface area contributed by atoms with E-state index in [1.165, 1.54) is 4.90 Å². The number of nitrogens with one attached hydrogen (secondary N) is 1. The van der Waals surface area contributed by atoms with Crippen molar-refractivity contribution < 1.29 is 53.8 Å². The van der Waals surface area contributed by atoms with Crippen LogP contribution in [0.2, 0.25) is 0 Å². The highest BCUT2D eigenvalue weighted by Gasteiger charge is 2.52. The van der Waals surface area contributed by atoms with Gasteiger partial charge in [0.05, 0.1) is 12.6 Å². The Morgan fingerprint density at radius 2 is 1.74 bits per heavy atom. The third-order valence-corrected chi connectivity index (χ3v) is 7.63. The second-order valence-corrected chi connectivity index (χ2v) is 10.3. The van der Waals surface area contributed by atoms with Crippen molar-refractivity contribution in [1.82, 2.24) is 10.2 Å². The summed E-state index contributed by atoms with van der Waals surface area (Å²) in [6, 6.07) is -2.77. The molecule has 1 aliphatic carbocycles. The van der Waals surface area contributed by atoms with E-state index in [1.807, 2.05) is 6.92 Å². The maximum absolute atomic E-state index is 13.7. The van der Waals surface area contributed by atoms with Gasteiger partial charge in [0.25, 0.3) is 0 Å². The quantitative estimate of drug-likeness (QED) is 0.217. The molecule has 216 valence electrons. The molecule has 2 heterocycles. The van der Waals surface area contributed by atoms with E-state index < -0.39 is 72.6 Å². The van der Waals surface area contributed by atoms with Gasteiger partial charge in [-0.3, -0.25) is 14.9 Å². The summed E-state index contributed by atoms with van der Waals surface area (Å²) in [6.45, 7) is 5.43. The Labute approximate surface area is 221 Å². The fourth-order valence-electron chi connectivity index (χ4n) is 5.73. The van der Waals surface area contributed by atoms with Gasteiger partial charge in [-0.2, -0.15) is 0 Å². The minimum Gasteiger partial charge on any atom is -0.479 e. The lowest BCUT2D eigenvalue weighted by Crippen LogP contribution is -2.61. The number of likely N-dealkylation sites (tertiary alicyclic amines) is 1. The predicted octanol–water partition coefficient (Wildman–Crippen LogP) is -0.709. The molecule has 38 heavy (non-hydrogen) atoms. The van der Waals surface area contributed by atoms with Crippen LogP contribution in [0.25, 0.3) is 0 Å². The third kappa shape index (κ3) is 6.45. The molecule has 0 aromatic heterocycles. The van der Waals surface area contributed by atoms with E-state index in [0.717, 1.165) is 19.3 Å². The molecule has 0 aromatic rings. The molecule has 13 heteroatoms. The Morgan fingerprint density at radius 3 is 2.37 bits per heavy atom. The van der Waals surface area contributed by atoms with E-state index in [9.17, 15) is 39.6 Å². The molecular weight excluding hydrogens is 504 g/mol. The van der Waals surface area contributed by atoms with E-state index in [4.69, 9.17) is 14.2 Å². The number of aliphatic hydroxyl groups is 3. The first-order chi connectivity index (χ1) is 18.0. The van der Waals surface area contributed by atoms with Crippen LogP contribution in [-0.4, -0.2) is 111 Å². The fraction of sp³-hybridized carbons (Fsp3) is 0.840. The van der Waals surface area contributed by atoms with Crippen LogP contribution in [0.1, 0.15) is 65.7 Å². The number of carbonyl (C=O) groups is 4. The molecule has 0 spiro atoms. The number of aliphatic hydroxyl groups excluding tert-OH is 3. The van der Waals surface area contributed by atoms with Crippen LogP contribution in [0, 0.1) is 5.92 Å². The number of rotatable bonds is 10. The minimum atomic E-state index is -1.92. The Bertz CT molecular complexity index is 870. The summed E-state index contributed by atoms with van der Waals surface area (Å²) in [7, 11) is 0. The largest absolute Gasteiger partial charge is 0.479 e. The first kappa shape index (κ1) is 30.2. The van der Waals surface area contributed by atoms with Crippen molar-refractivity contribution in [1.29, 1.82) is 0 Å². The number of amides is 1. The van der Waals surface area contributed by atoms with Gasteiger partial charge in [-0.15, -0.1) is 0 Å². The number of nitrogens with zero attached hydrogens (tertiary/aromatic N) is 1. The zero-order chi connectivity index (χ0) is 28.1. The van der Waals surface area contributed by atoms with Crippen molar-refractivity contribution in [3.8, 4) is 0 Å². The van der Waals surface area contributed by atoms with E-state index in [2.05, 4.69) is 5.32 Å². The van der Waals surface area contributed by atoms with Gasteiger partial charge in [-0.1, -0.05) is 26.2 Å². The van der Waals surface area contributed by atoms with Crippen molar-refractivity contribution in [2.24, 2.45) is 5.92 Å². The number of carboxylic acid groups (broad SMARTS) is 1. The van der Waals surface area contributed by atoms with Gasteiger partial charge < -0.3 is 39.5 Å². The van der Waals surface area contributed by atoms with Crippen molar-refractivity contribution in [2.75, 3.05) is 6.61 Å². The second-order valence-electron chi connectivity index (χ2n) is 10.3. The van der Waals surface area contributed by atoms with Gasteiger partial charge >= 0.3 is 17.9 Å². The number of ether oxygens (including phenoxy) is 3. The molecule has 1 saturated carbocycles. The number of hydrogen-bond donors (Lipinski definition) is 5. The van der Waals surface area contributed by atoms with E-state index in [1.54, 1.807) is 13.8 Å². The van der Waals surface area contributed by atoms with Gasteiger partial charge in [0.2, 0.25) is 12.2 Å². The molecular formula is C25H40N2O11. The number of hydrogen-bond acceptors (Lipinski definition) is 11. The molecule has 1 amide bonds. The molecule has 6 unspecified atom stereocenters. The third-order valence-electron chi connectivity index (χ3n) is 7.63.